The van der Waals surface area contributed by atoms with Crippen LogP contribution in [-0.4, -0.2) is 21.1 Å². The number of rotatable bonds is 3. The third-order valence-corrected chi connectivity index (χ3v) is 2.87. The van der Waals surface area contributed by atoms with E-state index in [0.717, 1.165) is 12.1 Å². The number of phenols is 2. The number of hydrogen-bond donors (Lipinski definition) is 4. The molecule has 21 heavy (non-hydrogen) atoms. The van der Waals surface area contributed by atoms with Crippen molar-refractivity contribution in [3.05, 3.63) is 53.3 Å². The molecule has 0 aliphatic heterocycles. The summed E-state index contributed by atoms with van der Waals surface area (Å²) in [6, 6.07) is 7.25. The molecule has 0 saturated heterocycles. The van der Waals surface area contributed by atoms with Gasteiger partial charge in [-0.05, 0) is 30.3 Å². The second-order valence-corrected chi connectivity index (χ2v) is 4.69. The van der Waals surface area contributed by atoms with E-state index in [1.54, 1.807) is 0 Å². The highest BCUT2D eigenvalue weighted by Gasteiger charge is 2.11. The Balaban J connectivity index is 2.27. The molecule has 0 atom stereocenters. The molecular formula is C14H11FN2O3S. The molecule has 2 rings (SSSR count). The van der Waals surface area contributed by atoms with Crippen LogP contribution in [0.5, 0.6) is 11.5 Å². The summed E-state index contributed by atoms with van der Waals surface area (Å²) in [5.41, 5.74) is 5.73. The summed E-state index contributed by atoms with van der Waals surface area (Å²) in [5.74, 6) is -1.66. The maximum absolute atomic E-state index is 13.4. The first-order valence-corrected chi connectivity index (χ1v) is 6.21. The topological polar surface area (TPSA) is 95.6 Å². The van der Waals surface area contributed by atoms with E-state index in [1.165, 1.54) is 24.3 Å². The Hall–Kier alpha value is -2.67. The molecular weight excluding hydrogens is 295 g/mol. The van der Waals surface area contributed by atoms with E-state index < -0.39 is 11.7 Å². The largest absolute Gasteiger partial charge is 0.508 e. The zero-order valence-corrected chi connectivity index (χ0v) is 11.4. The van der Waals surface area contributed by atoms with Gasteiger partial charge in [0.1, 0.15) is 22.3 Å². The van der Waals surface area contributed by atoms with Crippen LogP contribution < -0.4 is 11.1 Å². The van der Waals surface area contributed by atoms with Gasteiger partial charge in [-0.25, -0.2) is 4.39 Å². The molecule has 0 heterocycles. The van der Waals surface area contributed by atoms with Gasteiger partial charge in [0.15, 0.2) is 0 Å². The third kappa shape index (κ3) is 3.46. The van der Waals surface area contributed by atoms with Crippen LogP contribution in [0, 0.1) is 5.82 Å². The van der Waals surface area contributed by atoms with Gasteiger partial charge >= 0.3 is 0 Å². The van der Waals surface area contributed by atoms with Crippen LogP contribution >= 0.6 is 12.2 Å². The number of nitrogens with two attached hydrogens (primary N) is 1. The van der Waals surface area contributed by atoms with Gasteiger partial charge in [0, 0.05) is 22.9 Å². The predicted molar refractivity (Wildman–Crippen MR) is 80.0 cm³/mol. The molecule has 5 nitrogen and oxygen atoms in total. The van der Waals surface area contributed by atoms with Crippen LogP contribution in [0.4, 0.5) is 10.1 Å². The van der Waals surface area contributed by atoms with Crippen molar-refractivity contribution >= 4 is 28.8 Å². The molecule has 2 aromatic rings. The third-order valence-electron chi connectivity index (χ3n) is 2.65. The molecule has 7 heteroatoms. The van der Waals surface area contributed by atoms with Crippen LogP contribution in [-0.2, 0) is 0 Å². The molecule has 5 N–H and O–H groups in total. The fourth-order valence-electron chi connectivity index (χ4n) is 1.72. The van der Waals surface area contributed by atoms with E-state index in [4.69, 9.17) is 18.0 Å². The number of thiocarbonyl (C=S) groups is 1. The maximum Gasteiger partial charge on any atom is 0.255 e. The lowest BCUT2D eigenvalue weighted by Crippen LogP contribution is -2.15. The second kappa shape index (κ2) is 5.76. The van der Waals surface area contributed by atoms with Gasteiger partial charge in [0.05, 0.1) is 0 Å². The lowest BCUT2D eigenvalue weighted by Gasteiger charge is -2.08. The Bertz CT molecular complexity index is 714. The van der Waals surface area contributed by atoms with Gasteiger partial charge in [-0.15, -0.1) is 0 Å². The smallest absolute Gasteiger partial charge is 0.255 e. The highest BCUT2D eigenvalue weighted by molar-refractivity contribution is 7.80. The molecule has 108 valence electrons. The SMILES string of the molecule is NC(=S)c1cc(NC(=O)c2cc(O)cc(O)c2)ccc1F. The van der Waals surface area contributed by atoms with Gasteiger partial charge in [-0.2, -0.15) is 0 Å². The Kier molecular flexibility index (Phi) is 4.04. The number of hydrogen-bond acceptors (Lipinski definition) is 4. The standard InChI is InChI=1S/C14H11FN2O3S/c15-12-2-1-8(5-11(12)13(16)21)17-14(20)7-3-9(18)6-10(19)4-7/h1-6,18-19H,(H2,16,21)(H,17,20). The van der Waals surface area contributed by atoms with Crippen molar-refractivity contribution < 1.29 is 19.4 Å². The molecule has 0 aliphatic rings. The number of carbonyl (C=O) groups is 1. The van der Waals surface area contributed by atoms with Crippen molar-refractivity contribution in [2.75, 3.05) is 5.32 Å². The van der Waals surface area contributed by atoms with Crippen molar-refractivity contribution in [3.8, 4) is 11.5 Å². The average Bonchev–Trinajstić information content (AvgIpc) is 2.39. The summed E-state index contributed by atoms with van der Waals surface area (Å²) in [5, 5.41) is 21.2. The highest BCUT2D eigenvalue weighted by atomic mass is 32.1. The Morgan fingerprint density at radius 1 is 1.14 bits per heavy atom. The van der Waals surface area contributed by atoms with Crippen molar-refractivity contribution in [2.24, 2.45) is 5.73 Å². The molecule has 1 amide bonds. The van der Waals surface area contributed by atoms with Crippen LogP contribution in [0.3, 0.4) is 0 Å². The van der Waals surface area contributed by atoms with Crippen molar-refractivity contribution in [3.63, 3.8) is 0 Å². The molecule has 0 aromatic heterocycles. The number of benzene rings is 2. The Morgan fingerprint density at radius 2 is 1.76 bits per heavy atom. The van der Waals surface area contributed by atoms with Crippen molar-refractivity contribution in [2.45, 2.75) is 0 Å². The summed E-state index contributed by atoms with van der Waals surface area (Å²) >= 11 is 4.71. The normalized spacial score (nSPS) is 10.1. The summed E-state index contributed by atoms with van der Waals surface area (Å²) in [7, 11) is 0. The molecule has 0 radical (unpaired) electrons. The van der Waals surface area contributed by atoms with E-state index in [-0.39, 0.29) is 33.3 Å². The van der Waals surface area contributed by atoms with Crippen LogP contribution in [0.25, 0.3) is 0 Å². The lowest BCUT2D eigenvalue weighted by atomic mass is 10.1. The van der Waals surface area contributed by atoms with Gasteiger partial charge < -0.3 is 21.3 Å². The maximum atomic E-state index is 13.4. The van der Waals surface area contributed by atoms with Gasteiger partial charge in [-0.1, -0.05) is 12.2 Å². The Morgan fingerprint density at radius 3 is 2.33 bits per heavy atom. The lowest BCUT2D eigenvalue weighted by molar-refractivity contribution is 0.102. The van der Waals surface area contributed by atoms with Crippen molar-refractivity contribution in [1.82, 2.24) is 0 Å². The van der Waals surface area contributed by atoms with E-state index in [9.17, 15) is 19.4 Å². The number of halogens is 1. The first-order valence-electron chi connectivity index (χ1n) is 5.80. The first kappa shape index (κ1) is 14.7. The van der Waals surface area contributed by atoms with Gasteiger partial charge in [-0.3, -0.25) is 4.79 Å². The molecule has 0 spiro atoms. The monoisotopic (exact) mass is 306 g/mol. The van der Waals surface area contributed by atoms with Gasteiger partial charge in [0.25, 0.3) is 5.91 Å². The molecule has 2 aromatic carbocycles. The summed E-state index contributed by atoms with van der Waals surface area (Å²) in [4.78, 5) is 11.9. The number of nitrogens with one attached hydrogen (secondary N) is 1. The fourth-order valence-corrected chi connectivity index (χ4v) is 1.88. The number of phenolic OH excluding ortho intramolecular Hbond substituents is 2. The highest BCUT2D eigenvalue weighted by Crippen LogP contribution is 2.22. The predicted octanol–water partition coefficient (Wildman–Crippen LogP) is 2.12. The average molecular weight is 306 g/mol. The first-order chi connectivity index (χ1) is 9.86. The number of aromatic hydroxyl groups is 2. The van der Waals surface area contributed by atoms with E-state index in [1.807, 2.05) is 0 Å². The van der Waals surface area contributed by atoms with E-state index in [0.29, 0.717) is 0 Å². The second-order valence-electron chi connectivity index (χ2n) is 4.25. The number of carbonyl (C=O) groups excluding carboxylic acids is 1. The van der Waals surface area contributed by atoms with Crippen LogP contribution in [0.2, 0.25) is 0 Å². The number of amides is 1. The molecule has 0 aliphatic carbocycles. The molecule has 0 saturated carbocycles. The van der Waals surface area contributed by atoms with Crippen LogP contribution in [0.1, 0.15) is 15.9 Å². The summed E-state index contributed by atoms with van der Waals surface area (Å²) in [6.07, 6.45) is 0. The minimum Gasteiger partial charge on any atom is -0.508 e. The zero-order valence-electron chi connectivity index (χ0n) is 10.6. The minimum atomic E-state index is -0.588. The zero-order chi connectivity index (χ0) is 15.6. The molecule has 0 unspecified atom stereocenters. The summed E-state index contributed by atoms with van der Waals surface area (Å²) < 4.78 is 13.4. The Labute approximate surface area is 124 Å². The van der Waals surface area contributed by atoms with Crippen LogP contribution in [0.15, 0.2) is 36.4 Å². The molecule has 0 fully saturated rings. The number of anilines is 1. The van der Waals surface area contributed by atoms with E-state index in [2.05, 4.69) is 5.32 Å². The van der Waals surface area contributed by atoms with Crippen molar-refractivity contribution in [1.29, 1.82) is 0 Å². The minimum absolute atomic E-state index is 0.0153. The quantitative estimate of drug-likeness (QED) is 0.652. The van der Waals surface area contributed by atoms with Gasteiger partial charge in [0.2, 0.25) is 0 Å². The summed E-state index contributed by atoms with van der Waals surface area (Å²) in [6.45, 7) is 0. The fraction of sp³-hybridized carbons (Fsp3) is 0. The molecule has 0 bridgehead atoms. The van der Waals surface area contributed by atoms with E-state index >= 15 is 0 Å².